The average molecular weight is 460 g/mol. The zero-order valence-corrected chi connectivity index (χ0v) is 18.3. The Morgan fingerprint density at radius 2 is 1.85 bits per heavy atom. The summed E-state index contributed by atoms with van der Waals surface area (Å²) in [6, 6.07) is 9.84. The molecular formula is C23H23F3N4O3. The van der Waals surface area contributed by atoms with E-state index in [9.17, 15) is 22.8 Å². The van der Waals surface area contributed by atoms with Crippen molar-refractivity contribution in [3.63, 3.8) is 0 Å². The number of ether oxygens (including phenoxy) is 1. The van der Waals surface area contributed by atoms with Crippen LogP contribution in [0.3, 0.4) is 0 Å². The Kier molecular flexibility index (Phi) is 7.15. The van der Waals surface area contributed by atoms with Gasteiger partial charge in [-0.25, -0.2) is 9.97 Å². The summed E-state index contributed by atoms with van der Waals surface area (Å²) in [5, 5.41) is 5.66. The second-order valence-corrected chi connectivity index (χ2v) is 7.66. The SMILES string of the molecule is Cc1cc(C(=O)NCCOc2ccc3cccc(C(F)(F)F)c3n2)cc(NC(=O)C(C)C)n1. The number of pyridine rings is 2. The molecule has 0 aliphatic carbocycles. The summed E-state index contributed by atoms with van der Waals surface area (Å²) in [6.45, 7) is 5.28. The van der Waals surface area contributed by atoms with Crippen LogP contribution < -0.4 is 15.4 Å². The molecule has 0 spiro atoms. The second-order valence-electron chi connectivity index (χ2n) is 7.66. The van der Waals surface area contributed by atoms with Crippen molar-refractivity contribution < 1.29 is 27.5 Å². The summed E-state index contributed by atoms with van der Waals surface area (Å²) in [6.07, 6.45) is -4.53. The van der Waals surface area contributed by atoms with Gasteiger partial charge in [-0.1, -0.05) is 26.0 Å². The van der Waals surface area contributed by atoms with Gasteiger partial charge in [0.15, 0.2) is 0 Å². The minimum Gasteiger partial charge on any atom is -0.476 e. The first-order valence-electron chi connectivity index (χ1n) is 10.2. The Hall–Kier alpha value is -3.69. The van der Waals surface area contributed by atoms with Crippen LogP contribution in [0.25, 0.3) is 10.9 Å². The molecule has 0 unspecified atom stereocenters. The summed E-state index contributed by atoms with van der Waals surface area (Å²) in [4.78, 5) is 32.5. The minimum atomic E-state index is -4.53. The highest BCUT2D eigenvalue weighted by Crippen LogP contribution is 2.34. The third kappa shape index (κ3) is 6.18. The molecule has 0 saturated carbocycles. The van der Waals surface area contributed by atoms with E-state index < -0.39 is 17.6 Å². The molecule has 0 atom stereocenters. The molecule has 0 aliphatic rings. The van der Waals surface area contributed by atoms with Crippen molar-refractivity contribution >= 4 is 28.5 Å². The molecule has 2 aromatic heterocycles. The average Bonchev–Trinajstić information content (AvgIpc) is 2.74. The number of nitrogens with one attached hydrogen (secondary N) is 2. The number of aromatic nitrogens is 2. The predicted molar refractivity (Wildman–Crippen MR) is 117 cm³/mol. The quantitative estimate of drug-likeness (QED) is 0.511. The number of carbonyl (C=O) groups is 2. The van der Waals surface area contributed by atoms with Crippen molar-refractivity contribution in [3.05, 3.63) is 59.3 Å². The Bertz CT molecular complexity index is 1180. The number of para-hydroxylation sites is 1. The van der Waals surface area contributed by atoms with Crippen LogP contribution >= 0.6 is 0 Å². The molecule has 174 valence electrons. The van der Waals surface area contributed by atoms with Gasteiger partial charge in [-0.15, -0.1) is 0 Å². The van der Waals surface area contributed by atoms with Crippen molar-refractivity contribution in [1.82, 2.24) is 15.3 Å². The summed E-state index contributed by atoms with van der Waals surface area (Å²) >= 11 is 0. The molecule has 2 N–H and O–H groups in total. The molecule has 33 heavy (non-hydrogen) atoms. The van der Waals surface area contributed by atoms with Crippen molar-refractivity contribution in [2.75, 3.05) is 18.5 Å². The molecule has 1 aromatic carbocycles. The molecule has 0 bridgehead atoms. The number of alkyl halides is 3. The summed E-state index contributed by atoms with van der Waals surface area (Å²) in [7, 11) is 0. The zero-order valence-electron chi connectivity index (χ0n) is 18.3. The van der Waals surface area contributed by atoms with E-state index >= 15 is 0 Å². The van der Waals surface area contributed by atoms with Crippen LogP contribution in [0.2, 0.25) is 0 Å². The highest BCUT2D eigenvalue weighted by Gasteiger charge is 2.33. The van der Waals surface area contributed by atoms with Crippen LogP contribution in [0.15, 0.2) is 42.5 Å². The van der Waals surface area contributed by atoms with Crippen molar-refractivity contribution in [2.45, 2.75) is 26.9 Å². The van der Waals surface area contributed by atoms with Gasteiger partial charge in [0.25, 0.3) is 5.91 Å². The number of carbonyl (C=O) groups excluding carboxylic acids is 2. The fraction of sp³-hybridized carbons (Fsp3) is 0.304. The largest absolute Gasteiger partial charge is 0.476 e. The van der Waals surface area contributed by atoms with E-state index in [1.54, 1.807) is 26.8 Å². The lowest BCUT2D eigenvalue weighted by Gasteiger charge is -2.12. The van der Waals surface area contributed by atoms with E-state index in [4.69, 9.17) is 4.74 Å². The lowest BCUT2D eigenvalue weighted by molar-refractivity contribution is -0.136. The first-order valence-corrected chi connectivity index (χ1v) is 10.2. The van der Waals surface area contributed by atoms with E-state index in [2.05, 4.69) is 20.6 Å². The highest BCUT2D eigenvalue weighted by molar-refractivity contribution is 5.97. The minimum absolute atomic E-state index is 0.000556. The predicted octanol–water partition coefficient (Wildman–Crippen LogP) is 4.36. The van der Waals surface area contributed by atoms with E-state index in [-0.39, 0.29) is 42.2 Å². The monoisotopic (exact) mass is 460 g/mol. The first kappa shape index (κ1) is 24.0. The van der Waals surface area contributed by atoms with Crippen LogP contribution in [-0.2, 0) is 11.0 Å². The number of benzene rings is 1. The van der Waals surface area contributed by atoms with E-state index in [0.717, 1.165) is 6.07 Å². The van der Waals surface area contributed by atoms with Crippen LogP contribution in [-0.4, -0.2) is 34.9 Å². The Morgan fingerprint density at radius 3 is 2.55 bits per heavy atom. The number of anilines is 1. The Morgan fingerprint density at radius 1 is 1.09 bits per heavy atom. The Balaban J connectivity index is 1.61. The van der Waals surface area contributed by atoms with Gasteiger partial charge in [0.2, 0.25) is 11.8 Å². The molecule has 2 amide bonds. The van der Waals surface area contributed by atoms with Crippen LogP contribution in [0, 0.1) is 12.8 Å². The molecule has 0 saturated heterocycles. The van der Waals surface area contributed by atoms with Gasteiger partial charge in [0.1, 0.15) is 12.4 Å². The molecule has 3 rings (SSSR count). The number of halogens is 3. The maximum absolute atomic E-state index is 13.2. The van der Waals surface area contributed by atoms with Crippen LogP contribution in [0.1, 0.15) is 35.5 Å². The van der Waals surface area contributed by atoms with Gasteiger partial charge < -0.3 is 15.4 Å². The van der Waals surface area contributed by atoms with Gasteiger partial charge in [0.05, 0.1) is 17.6 Å². The number of amides is 2. The maximum Gasteiger partial charge on any atom is 0.418 e. The van der Waals surface area contributed by atoms with E-state index in [0.29, 0.717) is 16.6 Å². The molecule has 2 heterocycles. The molecule has 3 aromatic rings. The number of rotatable bonds is 7. The Labute approximate surface area is 188 Å². The molecule has 0 fully saturated rings. The maximum atomic E-state index is 13.2. The second kappa shape index (κ2) is 9.85. The number of fused-ring (bicyclic) bond motifs is 1. The number of aryl methyl sites for hydroxylation is 1. The van der Waals surface area contributed by atoms with Gasteiger partial charge in [0, 0.05) is 28.6 Å². The van der Waals surface area contributed by atoms with Crippen LogP contribution in [0.4, 0.5) is 19.0 Å². The molecule has 7 nitrogen and oxygen atoms in total. The first-order chi connectivity index (χ1) is 15.5. The summed E-state index contributed by atoms with van der Waals surface area (Å²) < 4.78 is 45.1. The van der Waals surface area contributed by atoms with E-state index in [1.165, 1.54) is 30.3 Å². The fourth-order valence-electron chi connectivity index (χ4n) is 2.99. The summed E-state index contributed by atoms with van der Waals surface area (Å²) in [5.41, 5.74) is -0.180. The highest BCUT2D eigenvalue weighted by atomic mass is 19.4. The topological polar surface area (TPSA) is 93.2 Å². The normalized spacial score (nSPS) is 11.5. The third-order valence-corrected chi connectivity index (χ3v) is 4.63. The van der Waals surface area contributed by atoms with Crippen molar-refractivity contribution in [2.24, 2.45) is 5.92 Å². The standard InChI is InChI=1S/C23H23F3N4O3/c1-13(2)21(31)29-18-12-16(11-14(3)28-18)22(32)27-9-10-33-19-8-7-15-5-4-6-17(20(15)30-19)23(24,25)26/h4-8,11-13H,9-10H2,1-3H3,(H,27,32)(H,28,29,31). The molecule has 0 radical (unpaired) electrons. The zero-order chi connectivity index (χ0) is 24.2. The van der Waals surface area contributed by atoms with Gasteiger partial charge in [-0.2, -0.15) is 13.2 Å². The molecule has 10 heteroatoms. The molecular weight excluding hydrogens is 437 g/mol. The smallest absolute Gasteiger partial charge is 0.418 e. The lowest BCUT2D eigenvalue weighted by atomic mass is 10.1. The van der Waals surface area contributed by atoms with Crippen molar-refractivity contribution in [3.8, 4) is 5.88 Å². The number of hydrogen-bond acceptors (Lipinski definition) is 5. The third-order valence-electron chi connectivity index (χ3n) is 4.63. The van der Waals surface area contributed by atoms with Crippen LogP contribution in [0.5, 0.6) is 5.88 Å². The number of hydrogen-bond donors (Lipinski definition) is 2. The molecule has 0 aliphatic heterocycles. The lowest BCUT2D eigenvalue weighted by Crippen LogP contribution is -2.28. The summed E-state index contributed by atoms with van der Waals surface area (Å²) in [5.74, 6) is -0.570. The van der Waals surface area contributed by atoms with Gasteiger partial charge in [-0.3, -0.25) is 9.59 Å². The van der Waals surface area contributed by atoms with Gasteiger partial charge >= 0.3 is 6.18 Å². The fourth-order valence-corrected chi connectivity index (χ4v) is 2.99. The van der Waals surface area contributed by atoms with Gasteiger partial charge in [-0.05, 0) is 31.2 Å². The van der Waals surface area contributed by atoms with E-state index in [1.807, 2.05) is 0 Å². The number of nitrogens with zero attached hydrogens (tertiary/aromatic N) is 2. The van der Waals surface area contributed by atoms with Crippen molar-refractivity contribution in [1.29, 1.82) is 0 Å².